The smallest absolute Gasteiger partial charge is 0.405 e. The van der Waals surface area contributed by atoms with Gasteiger partial charge in [0.05, 0.1) is 13.3 Å². The summed E-state index contributed by atoms with van der Waals surface area (Å²) in [6, 6.07) is 1.77. The number of nitrogens with zero attached hydrogens (tertiary/aromatic N) is 1. The van der Waals surface area contributed by atoms with Crippen molar-refractivity contribution in [3.05, 3.63) is 16.0 Å². The quantitative estimate of drug-likeness (QED) is 0.554. The summed E-state index contributed by atoms with van der Waals surface area (Å²) in [4.78, 5) is 15.2. The second-order valence-corrected chi connectivity index (χ2v) is 6.52. The molecule has 7 heteroatoms. The lowest BCUT2D eigenvalue weighted by atomic mass is 9.95. The Hall–Kier alpha value is -1.25. The molecule has 1 rings (SSSR count). The fourth-order valence-electron chi connectivity index (χ4n) is 2.14. The van der Waals surface area contributed by atoms with Crippen LogP contribution in [0, 0.1) is 9.62 Å². The van der Waals surface area contributed by atoms with Crippen LogP contribution < -0.4 is 15.2 Å². The van der Waals surface area contributed by atoms with Crippen molar-refractivity contribution in [2.45, 2.75) is 32.8 Å². The summed E-state index contributed by atoms with van der Waals surface area (Å²) in [5, 5.41) is 0. The van der Waals surface area contributed by atoms with E-state index in [1.807, 2.05) is 13.8 Å². The van der Waals surface area contributed by atoms with E-state index >= 15 is 0 Å². The van der Waals surface area contributed by atoms with Crippen molar-refractivity contribution in [3.8, 4) is 11.5 Å². The largest absolute Gasteiger partial charge is 0.493 e. The summed E-state index contributed by atoms with van der Waals surface area (Å²) in [5.74, 6) is 1.41. The molecule has 0 unspecified atom stereocenters. The maximum absolute atomic E-state index is 11.1. The van der Waals surface area contributed by atoms with Gasteiger partial charge in [-0.05, 0) is 41.9 Å². The molecule has 0 fully saturated rings. The van der Waals surface area contributed by atoms with Crippen molar-refractivity contribution < 1.29 is 19.0 Å². The highest BCUT2D eigenvalue weighted by molar-refractivity contribution is 14.1. The molecule has 0 aliphatic rings. The molecular formula is C14H21IN2O4. The first kappa shape index (κ1) is 17.8. The average molecular weight is 408 g/mol. The highest BCUT2D eigenvalue weighted by atomic mass is 127. The number of primary amides is 1. The van der Waals surface area contributed by atoms with Gasteiger partial charge in [-0.25, -0.2) is 9.78 Å². The van der Waals surface area contributed by atoms with E-state index in [0.29, 0.717) is 23.8 Å². The molecule has 0 aliphatic heterocycles. The molecule has 1 aromatic rings. The molecule has 0 spiro atoms. The molecule has 1 amide bonds. The van der Waals surface area contributed by atoms with Crippen LogP contribution in [0.4, 0.5) is 4.79 Å². The van der Waals surface area contributed by atoms with Crippen LogP contribution in [0.2, 0.25) is 0 Å². The molecule has 0 aliphatic carbocycles. The molecule has 118 valence electrons. The Morgan fingerprint density at radius 2 is 2.14 bits per heavy atom. The van der Waals surface area contributed by atoms with Crippen LogP contribution in [0.5, 0.6) is 11.5 Å². The third kappa shape index (κ3) is 5.94. The zero-order valence-electron chi connectivity index (χ0n) is 12.7. The molecule has 0 saturated heterocycles. The number of carbonyl (C=O) groups excluding carboxylic acids is 1. The van der Waals surface area contributed by atoms with Crippen molar-refractivity contribution in [3.63, 3.8) is 0 Å². The average Bonchev–Trinajstić information content (AvgIpc) is 2.35. The second-order valence-electron chi connectivity index (χ2n) is 5.42. The molecule has 21 heavy (non-hydrogen) atoms. The number of nitrogens with two attached hydrogens (primary N) is 1. The van der Waals surface area contributed by atoms with Crippen molar-refractivity contribution >= 4 is 28.7 Å². The number of hydrogen-bond donors (Lipinski definition) is 1. The molecule has 0 aromatic carbocycles. The van der Waals surface area contributed by atoms with Crippen LogP contribution in [0.3, 0.4) is 0 Å². The van der Waals surface area contributed by atoms with E-state index in [0.717, 1.165) is 3.70 Å². The van der Waals surface area contributed by atoms with Gasteiger partial charge in [0, 0.05) is 6.07 Å². The minimum atomic E-state index is -0.811. The van der Waals surface area contributed by atoms with Crippen LogP contribution in [0.15, 0.2) is 12.3 Å². The minimum absolute atomic E-state index is 0.173. The third-order valence-electron chi connectivity index (χ3n) is 2.74. The lowest BCUT2D eigenvalue weighted by Crippen LogP contribution is -2.41. The minimum Gasteiger partial charge on any atom is -0.493 e. The number of hydrogen-bond acceptors (Lipinski definition) is 5. The highest BCUT2D eigenvalue weighted by Crippen LogP contribution is 2.29. The molecule has 2 N–H and O–H groups in total. The first-order chi connectivity index (χ1) is 9.75. The maximum atomic E-state index is 11.1. The number of amides is 1. The van der Waals surface area contributed by atoms with Gasteiger partial charge in [-0.3, -0.25) is 0 Å². The molecule has 1 heterocycles. The number of rotatable bonds is 7. The summed E-state index contributed by atoms with van der Waals surface area (Å²) in [6.45, 7) is 6.04. The number of pyridine rings is 1. The van der Waals surface area contributed by atoms with Gasteiger partial charge in [0.2, 0.25) is 0 Å². The van der Waals surface area contributed by atoms with Gasteiger partial charge in [-0.1, -0.05) is 13.8 Å². The van der Waals surface area contributed by atoms with E-state index in [2.05, 4.69) is 27.6 Å². The second kappa shape index (κ2) is 7.67. The van der Waals surface area contributed by atoms with Gasteiger partial charge >= 0.3 is 6.09 Å². The summed E-state index contributed by atoms with van der Waals surface area (Å²) in [5.41, 5.74) is 4.35. The Balaban J connectivity index is 2.83. The molecule has 6 nitrogen and oxygen atoms in total. The Morgan fingerprint density at radius 3 is 2.67 bits per heavy atom. The first-order valence-electron chi connectivity index (χ1n) is 6.56. The Bertz CT molecular complexity index is 496. The summed E-state index contributed by atoms with van der Waals surface area (Å²) in [6.07, 6.45) is 1.41. The topological polar surface area (TPSA) is 83.7 Å². The standard InChI is InChI=1S/C14H21IN2O4/c1-9(2)6-14(3,21-13(16)18)8-20-11-7-17-12(15)5-10(11)19-4/h5,7,9H,6,8H2,1-4H3,(H2,16,18)/t14-/m0/s1. The van der Waals surface area contributed by atoms with E-state index in [-0.39, 0.29) is 6.61 Å². The van der Waals surface area contributed by atoms with Crippen molar-refractivity contribution in [1.82, 2.24) is 4.98 Å². The van der Waals surface area contributed by atoms with Gasteiger partial charge in [0.15, 0.2) is 11.5 Å². The van der Waals surface area contributed by atoms with E-state index in [9.17, 15) is 4.79 Å². The highest BCUT2D eigenvalue weighted by Gasteiger charge is 2.31. The van der Waals surface area contributed by atoms with Crippen molar-refractivity contribution in [1.29, 1.82) is 0 Å². The monoisotopic (exact) mass is 408 g/mol. The van der Waals surface area contributed by atoms with Gasteiger partial charge in [0.25, 0.3) is 0 Å². The molecular weight excluding hydrogens is 387 g/mol. The number of halogens is 1. The predicted molar refractivity (Wildman–Crippen MR) is 87.5 cm³/mol. The van der Waals surface area contributed by atoms with Crippen LogP contribution in [-0.4, -0.2) is 30.4 Å². The SMILES string of the molecule is COc1cc(I)ncc1OC[C@](C)(CC(C)C)OC(N)=O. The van der Waals surface area contributed by atoms with Crippen LogP contribution in [0.1, 0.15) is 27.2 Å². The molecule has 1 atom stereocenters. The first-order valence-corrected chi connectivity index (χ1v) is 7.64. The van der Waals surface area contributed by atoms with Crippen molar-refractivity contribution in [2.24, 2.45) is 11.7 Å². The zero-order chi connectivity index (χ0) is 16.0. The van der Waals surface area contributed by atoms with Gasteiger partial charge < -0.3 is 19.9 Å². The summed E-state index contributed by atoms with van der Waals surface area (Å²) in [7, 11) is 1.56. The molecule has 0 bridgehead atoms. The van der Waals surface area contributed by atoms with Crippen LogP contribution in [0.25, 0.3) is 0 Å². The van der Waals surface area contributed by atoms with E-state index in [1.165, 1.54) is 0 Å². The summed E-state index contributed by atoms with van der Waals surface area (Å²) >= 11 is 2.09. The van der Waals surface area contributed by atoms with Crippen molar-refractivity contribution in [2.75, 3.05) is 13.7 Å². The number of ether oxygens (including phenoxy) is 3. The number of aromatic nitrogens is 1. The fraction of sp³-hybridized carbons (Fsp3) is 0.571. The van der Waals surface area contributed by atoms with E-state index < -0.39 is 11.7 Å². The zero-order valence-corrected chi connectivity index (χ0v) is 14.8. The lowest BCUT2D eigenvalue weighted by Gasteiger charge is -2.30. The number of carbonyl (C=O) groups is 1. The van der Waals surface area contributed by atoms with Gasteiger partial charge in [-0.2, -0.15) is 0 Å². The van der Waals surface area contributed by atoms with E-state index in [4.69, 9.17) is 19.9 Å². The van der Waals surface area contributed by atoms with Gasteiger partial charge in [0.1, 0.15) is 15.9 Å². The van der Waals surface area contributed by atoms with E-state index in [1.54, 1.807) is 26.3 Å². The molecule has 0 radical (unpaired) electrons. The third-order valence-corrected chi connectivity index (χ3v) is 3.33. The Labute approximate surface area is 138 Å². The Kier molecular flexibility index (Phi) is 6.50. The lowest BCUT2D eigenvalue weighted by molar-refractivity contribution is -0.0191. The normalized spacial score (nSPS) is 13.6. The predicted octanol–water partition coefficient (Wildman–Crippen LogP) is 2.97. The molecule has 0 saturated carbocycles. The van der Waals surface area contributed by atoms with Crippen LogP contribution >= 0.6 is 22.6 Å². The number of methoxy groups -OCH3 is 1. The maximum Gasteiger partial charge on any atom is 0.405 e. The van der Waals surface area contributed by atoms with Gasteiger partial charge in [-0.15, -0.1) is 0 Å². The molecule has 1 aromatic heterocycles. The summed E-state index contributed by atoms with van der Waals surface area (Å²) < 4.78 is 17.0. The Morgan fingerprint density at radius 1 is 1.48 bits per heavy atom. The fourth-order valence-corrected chi connectivity index (χ4v) is 2.56. The van der Waals surface area contributed by atoms with Crippen LogP contribution in [-0.2, 0) is 4.74 Å².